The lowest BCUT2D eigenvalue weighted by atomic mass is 9.67. The highest BCUT2D eigenvalue weighted by Crippen LogP contribution is 2.61. The normalized spacial score (nSPS) is 15.9. The molecule has 0 unspecified atom stereocenters. The van der Waals surface area contributed by atoms with Gasteiger partial charge >= 0.3 is 0 Å². The molecule has 8 nitrogen and oxygen atoms in total. The minimum absolute atomic E-state index is 0.0261. The third-order valence-electron chi connectivity index (χ3n) is 20.0. The van der Waals surface area contributed by atoms with E-state index in [-0.39, 0.29) is 58.1 Å². The zero-order chi connectivity index (χ0) is 46.8. The monoisotopic (exact) mass is 916 g/mol. The summed E-state index contributed by atoms with van der Waals surface area (Å²) in [6, 6.07) is 9.60. The van der Waals surface area contributed by atoms with Crippen LogP contribution >= 0.6 is 0 Å². The first-order valence-corrected chi connectivity index (χ1v) is 24.8. The summed E-state index contributed by atoms with van der Waals surface area (Å²) >= 11 is 0. The molecule has 0 N–H and O–H groups in total. The molecule has 0 spiro atoms. The predicted octanol–water partition coefficient (Wildman–Crippen LogP) is 6.25. The quantitative estimate of drug-likeness (QED) is 0.129. The maximum atomic E-state index is 16.1. The van der Waals surface area contributed by atoms with Gasteiger partial charge in [-0.05, 0) is 149 Å². The standard InChI is InChI=1S/C64H20O8/c65-28-11-18-4-3-17-7-10-21-35-31(17)32(18)43-42(28)62(70)26-14-25-39-48-38-24(60(25)68)12-22-36-44-33-19(58(22)66)8-5-15-1-2-16-6-9-20-34(30(16)29(15)33)45(44)37-23(59(20)67)13-27-41(47(37)46(36)38)52(48)55-53-49(39)40(26)51(43)50(35)54(53)56(61(21)69)64(72)57(55)63(27)71/h1-7,11H,8-10,12-14H2. The molecule has 72 heavy (non-hydrogen) atoms. The fourth-order valence-electron chi connectivity index (χ4n) is 17.8. The molecule has 0 aliphatic heterocycles. The van der Waals surface area contributed by atoms with Crippen molar-refractivity contribution in [2.45, 2.75) is 38.5 Å². The average Bonchev–Trinajstić information content (AvgIpc) is 3.39. The lowest BCUT2D eigenvalue weighted by Crippen LogP contribution is -2.31. The molecule has 6 aliphatic carbocycles. The van der Waals surface area contributed by atoms with Gasteiger partial charge in [0.05, 0.1) is 16.2 Å². The van der Waals surface area contributed by atoms with Crippen LogP contribution in [0.3, 0.4) is 0 Å². The topological polar surface area (TPSA) is 137 Å². The Hall–Kier alpha value is -9.14. The summed E-state index contributed by atoms with van der Waals surface area (Å²) in [5, 5.41) is 21.6. The second kappa shape index (κ2) is 9.55. The molecule has 0 radical (unpaired) electrons. The largest absolute Gasteiger partial charge is 0.289 e. The average molecular weight is 917 g/mol. The summed E-state index contributed by atoms with van der Waals surface area (Å²) in [5.41, 5.74) is 1.08. The Balaban J connectivity index is 1.18. The molecule has 0 heterocycles. The Bertz CT molecular complexity index is 6580. The molecular weight excluding hydrogens is 897 g/mol. The van der Waals surface area contributed by atoms with Gasteiger partial charge in [0.2, 0.25) is 5.43 Å². The van der Waals surface area contributed by atoms with E-state index in [1.165, 1.54) is 6.07 Å². The highest BCUT2D eigenvalue weighted by atomic mass is 16.1. The fourth-order valence-corrected chi connectivity index (χ4v) is 17.8. The molecule has 0 bridgehead atoms. The van der Waals surface area contributed by atoms with Crippen molar-refractivity contribution in [3.63, 3.8) is 0 Å². The third kappa shape index (κ3) is 2.78. The van der Waals surface area contributed by atoms with Crippen molar-refractivity contribution in [2.75, 3.05) is 0 Å². The van der Waals surface area contributed by atoms with Crippen LogP contribution in [0.2, 0.25) is 0 Å². The number of rotatable bonds is 0. The van der Waals surface area contributed by atoms with Gasteiger partial charge in [0, 0.05) is 107 Å². The van der Waals surface area contributed by atoms with Gasteiger partial charge < -0.3 is 0 Å². The van der Waals surface area contributed by atoms with Gasteiger partial charge in [-0.15, -0.1) is 0 Å². The van der Waals surface area contributed by atoms with E-state index in [1.54, 1.807) is 0 Å². The van der Waals surface area contributed by atoms with Crippen LogP contribution in [0, 0.1) is 0 Å². The number of benzene rings is 16. The van der Waals surface area contributed by atoms with Crippen molar-refractivity contribution < 1.29 is 0 Å². The molecule has 0 saturated heterocycles. The lowest BCUT2D eigenvalue weighted by Gasteiger charge is -2.34. The molecule has 0 amide bonds. The number of hydrogen-bond acceptors (Lipinski definition) is 8. The summed E-state index contributed by atoms with van der Waals surface area (Å²) in [7, 11) is 0. The Kier molecular flexibility index (Phi) is 4.54. The maximum absolute atomic E-state index is 16.1. The van der Waals surface area contributed by atoms with Gasteiger partial charge in [-0.3, -0.25) is 38.4 Å². The molecule has 0 aromatic heterocycles. The Morgan fingerprint density at radius 3 is 0.944 bits per heavy atom. The molecule has 16 aromatic rings. The van der Waals surface area contributed by atoms with E-state index in [0.717, 1.165) is 69.5 Å². The Labute approximate surface area is 394 Å². The van der Waals surface area contributed by atoms with E-state index in [0.29, 0.717) is 154 Å². The molecular formula is C64H20O8. The molecule has 6 aliphatic rings. The zero-order valence-corrected chi connectivity index (χ0v) is 37.1. The first-order chi connectivity index (χ1) is 35.1. The summed E-state index contributed by atoms with van der Waals surface area (Å²) < 4.78 is 0. The van der Waals surface area contributed by atoms with Crippen LogP contribution in [-0.4, -0.2) is 0 Å². The highest BCUT2D eigenvalue weighted by molar-refractivity contribution is 6.58. The summed E-state index contributed by atoms with van der Waals surface area (Å²) in [5.74, 6) is 0. The van der Waals surface area contributed by atoms with Crippen molar-refractivity contribution >= 4 is 180 Å². The van der Waals surface area contributed by atoms with Crippen LogP contribution in [0.15, 0.2) is 68.7 Å². The van der Waals surface area contributed by atoms with Crippen molar-refractivity contribution in [3.05, 3.63) is 178 Å². The Morgan fingerprint density at radius 2 is 0.500 bits per heavy atom. The first kappa shape index (κ1) is 34.2. The second-order valence-corrected chi connectivity index (χ2v) is 22.2. The predicted molar refractivity (Wildman–Crippen MR) is 287 cm³/mol. The Morgan fingerprint density at radius 1 is 0.222 bits per heavy atom. The van der Waals surface area contributed by atoms with Gasteiger partial charge in [0.25, 0.3) is 0 Å². The van der Waals surface area contributed by atoms with Crippen molar-refractivity contribution in [1.82, 2.24) is 0 Å². The first-order valence-electron chi connectivity index (χ1n) is 24.8. The maximum Gasteiger partial charge on any atom is 0.202 e. The highest BCUT2D eigenvalue weighted by Gasteiger charge is 2.43. The molecule has 0 saturated carbocycles. The molecule has 8 heteroatoms. The molecule has 324 valence electrons. The summed E-state index contributed by atoms with van der Waals surface area (Å²) in [6.45, 7) is 0. The van der Waals surface area contributed by atoms with Gasteiger partial charge in [-0.2, -0.15) is 0 Å². The minimum atomic E-state index is -0.669. The van der Waals surface area contributed by atoms with E-state index < -0.39 is 27.1 Å². The van der Waals surface area contributed by atoms with E-state index in [9.17, 15) is 4.79 Å². The van der Waals surface area contributed by atoms with E-state index >= 15 is 33.6 Å². The third-order valence-corrected chi connectivity index (χ3v) is 20.0. The SMILES string of the molecule is O=c1c2c3c4c(ccc5c4c4c(c(=O)c6c7c4c3c3c1Cc1c(=O)c4c8c9c1c3c7c1c(c(=O)c3c(=O)c7c(=O)c%10c%11c%12c(ccc%13cc(=O)c%14c(=O)c(c%15c8c(c3c19)c7c%11c%15c%14c%13%12)C4)=CC%10)C6)CC=5)=CC2. The van der Waals surface area contributed by atoms with Crippen molar-refractivity contribution in [2.24, 2.45) is 0 Å². The van der Waals surface area contributed by atoms with Crippen LogP contribution in [-0.2, 0) is 38.5 Å². The van der Waals surface area contributed by atoms with Crippen molar-refractivity contribution in [3.8, 4) is 0 Å². The second-order valence-electron chi connectivity index (χ2n) is 22.2. The van der Waals surface area contributed by atoms with Gasteiger partial charge in [-0.25, -0.2) is 0 Å². The molecule has 0 fully saturated rings. The molecule has 0 atom stereocenters. The van der Waals surface area contributed by atoms with Crippen LogP contribution in [0.25, 0.3) is 180 Å². The van der Waals surface area contributed by atoms with Gasteiger partial charge in [0.15, 0.2) is 38.0 Å². The summed E-state index contributed by atoms with van der Waals surface area (Å²) in [6.07, 6.45) is 7.14. The van der Waals surface area contributed by atoms with E-state index in [1.807, 2.05) is 18.2 Å². The van der Waals surface area contributed by atoms with E-state index in [4.69, 9.17) is 0 Å². The zero-order valence-electron chi connectivity index (χ0n) is 37.1. The van der Waals surface area contributed by atoms with Gasteiger partial charge in [-0.1, -0.05) is 42.5 Å². The van der Waals surface area contributed by atoms with Crippen LogP contribution < -0.4 is 59.1 Å². The van der Waals surface area contributed by atoms with Crippen LogP contribution in [0.1, 0.15) is 50.1 Å². The van der Waals surface area contributed by atoms with Crippen LogP contribution in [0.4, 0.5) is 0 Å². The fraction of sp³-hybridized carbons (Fsp3) is 0.0938. The van der Waals surface area contributed by atoms with Gasteiger partial charge in [0.1, 0.15) is 0 Å². The minimum Gasteiger partial charge on any atom is -0.289 e. The molecule has 16 aromatic carbocycles. The number of hydrogen-bond donors (Lipinski definition) is 0. The molecule has 22 rings (SSSR count). The van der Waals surface area contributed by atoms with Crippen molar-refractivity contribution in [1.29, 1.82) is 0 Å². The van der Waals surface area contributed by atoms with E-state index in [2.05, 4.69) is 24.3 Å². The smallest absolute Gasteiger partial charge is 0.202 e. The summed E-state index contributed by atoms with van der Waals surface area (Å²) in [4.78, 5) is 125. The lowest BCUT2D eigenvalue weighted by molar-refractivity contribution is 1.12. The van der Waals surface area contributed by atoms with Crippen LogP contribution in [0.5, 0.6) is 0 Å².